The minimum absolute atomic E-state index is 0.0329. The summed E-state index contributed by atoms with van der Waals surface area (Å²) in [6.07, 6.45) is -4.23. The summed E-state index contributed by atoms with van der Waals surface area (Å²) in [6, 6.07) is 8.34. The summed E-state index contributed by atoms with van der Waals surface area (Å²) in [5.41, 5.74) is 1.58. The molecule has 1 aliphatic heterocycles. The first-order valence-corrected chi connectivity index (χ1v) is 10.4. The van der Waals surface area contributed by atoms with Crippen LogP contribution in [0.3, 0.4) is 0 Å². The fourth-order valence-corrected chi connectivity index (χ4v) is 3.62. The van der Waals surface area contributed by atoms with Crippen molar-refractivity contribution in [2.75, 3.05) is 19.5 Å². The molecule has 1 N–H and O–H groups in total. The summed E-state index contributed by atoms with van der Waals surface area (Å²) in [4.78, 5) is 23.8. The van der Waals surface area contributed by atoms with Crippen LogP contribution in [0.2, 0.25) is 0 Å². The quantitative estimate of drug-likeness (QED) is 0.591. The lowest BCUT2D eigenvalue weighted by molar-refractivity contribution is -0.167. The number of carbonyl (C=O) groups excluding carboxylic acids is 2. The highest BCUT2D eigenvalue weighted by Crippen LogP contribution is 2.37. The number of rotatable bonds is 7. The largest absolute Gasteiger partial charge is 0.492 e. The zero-order chi connectivity index (χ0) is 25.0. The Morgan fingerprint density at radius 1 is 1.12 bits per heavy atom. The Hall–Kier alpha value is -3.63. The third kappa shape index (κ3) is 5.29. The molecule has 0 fully saturated rings. The number of alkyl halides is 3. The van der Waals surface area contributed by atoms with Crippen LogP contribution in [0.1, 0.15) is 30.9 Å². The fourth-order valence-electron chi connectivity index (χ4n) is 3.62. The highest BCUT2D eigenvalue weighted by Gasteiger charge is 2.38. The van der Waals surface area contributed by atoms with Crippen molar-refractivity contribution in [2.45, 2.75) is 32.5 Å². The van der Waals surface area contributed by atoms with Crippen molar-refractivity contribution in [3.05, 3.63) is 53.3 Å². The van der Waals surface area contributed by atoms with Crippen LogP contribution in [0.25, 0.3) is 0 Å². The number of anilines is 1. The molecular formula is C23H23F4N3O4. The van der Waals surface area contributed by atoms with Crippen molar-refractivity contribution in [1.82, 2.24) is 5.01 Å². The van der Waals surface area contributed by atoms with E-state index in [1.807, 2.05) is 6.92 Å². The Morgan fingerprint density at radius 2 is 1.76 bits per heavy atom. The van der Waals surface area contributed by atoms with Crippen LogP contribution in [0.15, 0.2) is 41.5 Å². The first-order chi connectivity index (χ1) is 16.1. The lowest BCUT2D eigenvalue weighted by atomic mass is 9.89. The van der Waals surface area contributed by atoms with Crippen LogP contribution in [0, 0.1) is 11.7 Å². The average Bonchev–Trinajstić information content (AvgIpc) is 2.80. The topological polar surface area (TPSA) is 80.2 Å². The van der Waals surface area contributed by atoms with Crippen molar-refractivity contribution >= 4 is 23.2 Å². The van der Waals surface area contributed by atoms with Crippen molar-refractivity contribution in [1.29, 1.82) is 0 Å². The number of methoxy groups -OCH3 is 2. The summed E-state index contributed by atoms with van der Waals surface area (Å²) in [5.74, 6) is -3.05. The van der Waals surface area contributed by atoms with Crippen LogP contribution in [0.5, 0.6) is 11.5 Å². The van der Waals surface area contributed by atoms with Gasteiger partial charge in [-0.15, -0.1) is 0 Å². The van der Waals surface area contributed by atoms with E-state index in [2.05, 4.69) is 5.10 Å². The van der Waals surface area contributed by atoms with Gasteiger partial charge in [-0.1, -0.05) is 19.1 Å². The van der Waals surface area contributed by atoms with Gasteiger partial charge in [0.05, 0.1) is 26.5 Å². The van der Waals surface area contributed by atoms with Gasteiger partial charge in [0.15, 0.2) is 17.3 Å². The molecule has 1 heterocycles. The van der Waals surface area contributed by atoms with E-state index in [-0.39, 0.29) is 42.0 Å². The predicted molar refractivity (Wildman–Crippen MR) is 116 cm³/mol. The van der Waals surface area contributed by atoms with Gasteiger partial charge in [0.25, 0.3) is 0 Å². The molecule has 0 aliphatic carbocycles. The minimum Gasteiger partial charge on any atom is -0.492 e. The molecule has 0 saturated heterocycles. The van der Waals surface area contributed by atoms with E-state index in [0.717, 1.165) is 0 Å². The smallest absolute Gasteiger partial charge is 0.471 e. The van der Waals surface area contributed by atoms with Gasteiger partial charge in [-0.3, -0.25) is 9.59 Å². The maximum atomic E-state index is 14.2. The lowest BCUT2D eigenvalue weighted by Gasteiger charge is -2.30. The molecule has 1 atom stereocenters. The maximum absolute atomic E-state index is 14.2. The number of benzene rings is 2. The summed E-state index contributed by atoms with van der Waals surface area (Å²) in [7, 11) is 2.70. The summed E-state index contributed by atoms with van der Waals surface area (Å²) in [5, 5.41) is 7.53. The second-order valence-corrected chi connectivity index (χ2v) is 7.56. The average molecular weight is 481 g/mol. The zero-order valence-corrected chi connectivity index (χ0v) is 18.7. The molecular weight excluding hydrogens is 458 g/mol. The molecule has 1 unspecified atom stereocenters. The molecule has 1 aliphatic rings. The Labute approximate surface area is 193 Å². The minimum atomic E-state index is -5.00. The number of ether oxygens (including phenoxy) is 2. The van der Waals surface area contributed by atoms with Gasteiger partial charge in [-0.2, -0.15) is 18.3 Å². The van der Waals surface area contributed by atoms with Gasteiger partial charge in [-0.05, 0) is 36.2 Å². The normalized spacial score (nSPS) is 16.2. The molecule has 7 nitrogen and oxygen atoms in total. The second kappa shape index (κ2) is 10.1. The molecule has 0 spiro atoms. The van der Waals surface area contributed by atoms with Gasteiger partial charge in [0.2, 0.25) is 5.91 Å². The molecule has 0 aromatic heterocycles. The van der Waals surface area contributed by atoms with E-state index < -0.39 is 17.9 Å². The number of halogens is 4. The highest BCUT2D eigenvalue weighted by molar-refractivity contribution is 6.08. The van der Waals surface area contributed by atoms with E-state index in [9.17, 15) is 27.2 Å². The van der Waals surface area contributed by atoms with E-state index in [0.29, 0.717) is 23.3 Å². The number of hydrogen-bond donors (Lipinski definition) is 1. The summed E-state index contributed by atoms with van der Waals surface area (Å²) < 4.78 is 61.9. The standard InChI is InChI=1S/C23H23F4N3O4/c1-4-14-11-18(31)30(12-13-5-7-15(8-6-13)28-22(32)23(25,26)27)29-19(14)16-9-10-17(24)21(34-3)20(16)33-2/h5-10,14H,4,11-12H2,1-3H3,(H,28,32). The van der Waals surface area contributed by atoms with Gasteiger partial charge in [0, 0.05) is 23.6 Å². The molecule has 2 amide bonds. The third-order valence-electron chi connectivity index (χ3n) is 5.37. The van der Waals surface area contributed by atoms with Crippen LogP contribution in [0.4, 0.5) is 23.2 Å². The molecule has 2 aromatic carbocycles. The Kier molecular flexibility index (Phi) is 7.43. The summed E-state index contributed by atoms with van der Waals surface area (Å²) >= 11 is 0. The Morgan fingerprint density at radius 3 is 2.32 bits per heavy atom. The first kappa shape index (κ1) is 25.0. The second-order valence-electron chi connectivity index (χ2n) is 7.56. The molecule has 2 aromatic rings. The number of amides is 2. The number of hydrazone groups is 1. The van der Waals surface area contributed by atoms with E-state index in [1.165, 1.54) is 55.6 Å². The highest BCUT2D eigenvalue weighted by atomic mass is 19.4. The lowest BCUT2D eigenvalue weighted by Crippen LogP contribution is -2.37. The molecule has 3 rings (SSSR count). The van der Waals surface area contributed by atoms with Crippen molar-refractivity contribution in [3.63, 3.8) is 0 Å². The van der Waals surface area contributed by atoms with E-state index >= 15 is 0 Å². The molecule has 182 valence electrons. The fraction of sp³-hybridized carbons (Fsp3) is 0.348. The van der Waals surface area contributed by atoms with E-state index in [1.54, 1.807) is 5.32 Å². The monoisotopic (exact) mass is 481 g/mol. The third-order valence-corrected chi connectivity index (χ3v) is 5.37. The van der Waals surface area contributed by atoms with Crippen molar-refractivity contribution in [2.24, 2.45) is 11.0 Å². The zero-order valence-electron chi connectivity index (χ0n) is 18.7. The van der Waals surface area contributed by atoms with Crippen molar-refractivity contribution in [3.8, 4) is 11.5 Å². The first-order valence-electron chi connectivity index (χ1n) is 10.4. The number of nitrogens with one attached hydrogen (secondary N) is 1. The number of nitrogens with zero attached hydrogens (tertiary/aromatic N) is 2. The Balaban J connectivity index is 1.89. The van der Waals surface area contributed by atoms with Crippen LogP contribution < -0.4 is 14.8 Å². The molecule has 34 heavy (non-hydrogen) atoms. The predicted octanol–water partition coefficient (Wildman–Crippen LogP) is 4.51. The summed E-state index contributed by atoms with van der Waals surface area (Å²) in [6.45, 7) is 1.96. The van der Waals surface area contributed by atoms with Gasteiger partial charge >= 0.3 is 12.1 Å². The number of hydrogen-bond acceptors (Lipinski definition) is 5. The molecule has 0 bridgehead atoms. The van der Waals surface area contributed by atoms with Crippen LogP contribution in [-0.2, 0) is 16.1 Å². The van der Waals surface area contributed by atoms with Crippen LogP contribution >= 0.6 is 0 Å². The van der Waals surface area contributed by atoms with Gasteiger partial charge in [-0.25, -0.2) is 9.40 Å². The molecule has 0 saturated carbocycles. The van der Waals surface area contributed by atoms with Gasteiger partial charge in [0.1, 0.15) is 0 Å². The molecule has 0 radical (unpaired) electrons. The molecule has 11 heteroatoms. The van der Waals surface area contributed by atoms with Crippen molar-refractivity contribution < 1.29 is 36.6 Å². The van der Waals surface area contributed by atoms with Gasteiger partial charge < -0.3 is 14.8 Å². The SMILES string of the molecule is CCC1CC(=O)N(Cc2ccc(NC(=O)C(F)(F)F)cc2)N=C1c1ccc(F)c(OC)c1OC. The van der Waals surface area contributed by atoms with Crippen LogP contribution in [-0.4, -0.2) is 42.9 Å². The number of carbonyl (C=O) groups is 2. The Bertz CT molecular complexity index is 1100. The van der Waals surface area contributed by atoms with E-state index in [4.69, 9.17) is 9.47 Å². The maximum Gasteiger partial charge on any atom is 0.471 e.